The van der Waals surface area contributed by atoms with Crippen LogP contribution in [0, 0.1) is 11.3 Å². The Morgan fingerprint density at radius 3 is 2.37 bits per heavy atom. The predicted molar refractivity (Wildman–Crippen MR) is 101 cm³/mol. The smallest absolute Gasteiger partial charge is 0.253 e. The molecule has 2 amide bonds. The van der Waals surface area contributed by atoms with Gasteiger partial charge in [0.15, 0.2) is 0 Å². The molecule has 1 aromatic rings. The van der Waals surface area contributed by atoms with Gasteiger partial charge in [-0.25, -0.2) is 0 Å². The quantitative estimate of drug-likeness (QED) is 0.816. The Kier molecular flexibility index (Phi) is 5.08. The van der Waals surface area contributed by atoms with Crippen LogP contribution < -0.4 is 4.74 Å². The highest BCUT2D eigenvalue weighted by Crippen LogP contribution is 2.45. The second-order valence-electron chi connectivity index (χ2n) is 7.97. The molecule has 6 nitrogen and oxygen atoms in total. The SMILES string of the molecule is COc1ccc(C(=O)N2CC(C(=O)N3CCCC3)C3(CCOCC3)C2)cc1. The summed E-state index contributed by atoms with van der Waals surface area (Å²) in [5.41, 5.74) is 0.507. The van der Waals surface area contributed by atoms with E-state index >= 15 is 0 Å². The molecule has 0 aliphatic carbocycles. The van der Waals surface area contributed by atoms with Crippen LogP contribution in [0.4, 0.5) is 0 Å². The van der Waals surface area contributed by atoms with Gasteiger partial charge in [0, 0.05) is 50.4 Å². The molecule has 0 saturated carbocycles. The maximum Gasteiger partial charge on any atom is 0.253 e. The fourth-order valence-corrected chi connectivity index (χ4v) is 4.82. The molecule has 27 heavy (non-hydrogen) atoms. The molecule has 0 bridgehead atoms. The van der Waals surface area contributed by atoms with Gasteiger partial charge in [-0.15, -0.1) is 0 Å². The number of rotatable bonds is 3. The molecule has 3 saturated heterocycles. The minimum atomic E-state index is -0.139. The lowest BCUT2D eigenvalue weighted by Gasteiger charge is -2.38. The number of likely N-dealkylation sites (tertiary alicyclic amines) is 2. The third-order valence-corrected chi connectivity index (χ3v) is 6.48. The fourth-order valence-electron chi connectivity index (χ4n) is 4.82. The Labute approximate surface area is 160 Å². The van der Waals surface area contributed by atoms with E-state index in [0.717, 1.165) is 44.5 Å². The number of ether oxygens (including phenoxy) is 2. The molecule has 0 radical (unpaired) electrons. The first kappa shape index (κ1) is 18.3. The van der Waals surface area contributed by atoms with Crippen molar-refractivity contribution in [2.75, 3.05) is 46.5 Å². The van der Waals surface area contributed by atoms with Crippen LogP contribution in [0.1, 0.15) is 36.0 Å². The van der Waals surface area contributed by atoms with Gasteiger partial charge in [0.2, 0.25) is 5.91 Å². The van der Waals surface area contributed by atoms with E-state index in [9.17, 15) is 9.59 Å². The van der Waals surface area contributed by atoms with Crippen LogP contribution in [0.3, 0.4) is 0 Å². The lowest BCUT2D eigenvalue weighted by Crippen LogP contribution is -2.45. The zero-order valence-corrected chi connectivity index (χ0v) is 16.0. The van der Waals surface area contributed by atoms with Crippen molar-refractivity contribution >= 4 is 11.8 Å². The molecule has 0 N–H and O–H groups in total. The van der Waals surface area contributed by atoms with Crippen molar-refractivity contribution in [3.8, 4) is 5.75 Å². The molecule has 4 rings (SSSR count). The van der Waals surface area contributed by atoms with E-state index in [2.05, 4.69) is 0 Å². The van der Waals surface area contributed by atoms with Crippen molar-refractivity contribution in [2.24, 2.45) is 11.3 Å². The zero-order valence-electron chi connectivity index (χ0n) is 16.0. The molecule has 3 fully saturated rings. The number of amides is 2. The maximum atomic E-state index is 13.2. The van der Waals surface area contributed by atoms with E-state index in [4.69, 9.17) is 9.47 Å². The predicted octanol–water partition coefficient (Wildman–Crippen LogP) is 2.19. The monoisotopic (exact) mass is 372 g/mol. The summed E-state index contributed by atoms with van der Waals surface area (Å²) in [7, 11) is 1.61. The average Bonchev–Trinajstić information content (AvgIpc) is 3.36. The Bertz CT molecular complexity index is 691. The third-order valence-electron chi connectivity index (χ3n) is 6.48. The normalized spacial score (nSPS) is 24.4. The second kappa shape index (κ2) is 7.50. The number of methoxy groups -OCH3 is 1. The number of nitrogens with zero attached hydrogens (tertiary/aromatic N) is 2. The van der Waals surface area contributed by atoms with Crippen molar-refractivity contribution in [1.82, 2.24) is 9.80 Å². The molecule has 1 spiro atoms. The summed E-state index contributed by atoms with van der Waals surface area (Å²) < 4.78 is 10.8. The third kappa shape index (κ3) is 3.43. The van der Waals surface area contributed by atoms with Gasteiger partial charge in [-0.1, -0.05) is 0 Å². The fraction of sp³-hybridized carbons (Fsp3) is 0.619. The standard InChI is InChI=1S/C21H28N2O4/c1-26-17-6-4-16(5-7-17)19(24)23-14-18(20(25)22-10-2-3-11-22)21(15-23)8-12-27-13-9-21/h4-7,18H,2-3,8-15H2,1H3. The largest absolute Gasteiger partial charge is 0.497 e. The van der Waals surface area contributed by atoms with Crippen LogP contribution in [0.25, 0.3) is 0 Å². The molecular formula is C21H28N2O4. The first-order valence-electron chi connectivity index (χ1n) is 9.93. The van der Waals surface area contributed by atoms with Crippen LogP contribution in [-0.2, 0) is 9.53 Å². The first-order valence-corrected chi connectivity index (χ1v) is 9.93. The molecular weight excluding hydrogens is 344 g/mol. The minimum Gasteiger partial charge on any atom is -0.497 e. The summed E-state index contributed by atoms with van der Waals surface area (Å²) in [6, 6.07) is 7.21. The molecule has 0 aromatic heterocycles. The topological polar surface area (TPSA) is 59.1 Å². The lowest BCUT2D eigenvalue weighted by molar-refractivity contribution is -0.139. The van der Waals surface area contributed by atoms with Gasteiger partial charge >= 0.3 is 0 Å². The Balaban J connectivity index is 1.55. The summed E-state index contributed by atoms with van der Waals surface area (Å²) in [5.74, 6) is 0.859. The van der Waals surface area contributed by atoms with Gasteiger partial charge in [-0.2, -0.15) is 0 Å². The molecule has 1 atom stereocenters. The minimum absolute atomic E-state index is 0.000224. The Morgan fingerprint density at radius 2 is 1.74 bits per heavy atom. The van der Waals surface area contributed by atoms with E-state index in [1.54, 1.807) is 31.4 Å². The maximum absolute atomic E-state index is 13.2. The van der Waals surface area contributed by atoms with Crippen molar-refractivity contribution < 1.29 is 19.1 Å². The van der Waals surface area contributed by atoms with Gasteiger partial charge in [-0.05, 0) is 49.9 Å². The number of carbonyl (C=O) groups is 2. The highest BCUT2D eigenvalue weighted by molar-refractivity contribution is 5.95. The Hall–Kier alpha value is -2.08. The highest BCUT2D eigenvalue weighted by atomic mass is 16.5. The number of hydrogen-bond donors (Lipinski definition) is 0. The van der Waals surface area contributed by atoms with Gasteiger partial charge in [0.25, 0.3) is 5.91 Å². The van der Waals surface area contributed by atoms with E-state index in [0.29, 0.717) is 31.9 Å². The van der Waals surface area contributed by atoms with E-state index in [1.807, 2.05) is 9.80 Å². The molecule has 6 heteroatoms. The van der Waals surface area contributed by atoms with Crippen LogP contribution in [0.2, 0.25) is 0 Å². The lowest BCUT2D eigenvalue weighted by atomic mass is 9.71. The van der Waals surface area contributed by atoms with Gasteiger partial charge in [0.05, 0.1) is 13.0 Å². The summed E-state index contributed by atoms with van der Waals surface area (Å²) in [5, 5.41) is 0. The first-order chi connectivity index (χ1) is 13.1. The van der Waals surface area contributed by atoms with Crippen LogP contribution in [0.5, 0.6) is 5.75 Å². The molecule has 1 aromatic carbocycles. The summed E-state index contributed by atoms with van der Waals surface area (Å²) >= 11 is 0. The van der Waals surface area contributed by atoms with Gasteiger partial charge < -0.3 is 19.3 Å². The van der Waals surface area contributed by atoms with Crippen molar-refractivity contribution in [1.29, 1.82) is 0 Å². The number of carbonyl (C=O) groups excluding carboxylic acids is 2. The van der Waals surface area contributed by atoms with E-state index in [1.165, 1.54) is 0 Å². The number of benzene rings is 1. The molecule has 3 aliphatic heterocycles. The summed E-state index contributed by atoms with van der Waals surface area (Å²) in [4.78, 5) is 30.2. The van der Waals surface area contributed by atoms with Crippen LogP contribution in [0.15, 0.2) is 24.3 Å². The van der Waals surface area contributed by atoms with Gasteiger partial charge in [-0.3, -0.25) is 9.59 Å². The Morgan fingerprint density at radius 1 is 1.07 bits per heavy atom. The molecule has 1 unspecified atom stereocenters. The molecule has 3 heterocycles. The molecule has 3 aliphatic rings. The summed E-state index contributed by atoms with van der Waals surface area (Å²) in [6.07, 6.45) is 3.87. The van der Waals surface area contributed by atoms with E-state index in [-0.39, 0.29) is 23.1 Å². The number of hydrogen-bond acceptors (Lipinski definition) is 4. The van der Waals surface area contributed by atoms with Crippen molar-refractivity contribution in [3.05, 3.63) is 29.8 Å². The van der Waals surface area contributed by atoms with E-state index < -0.39 is 0 Å². The van der Waals surface area contributed by atoms with Crippen molar-refractivity contribution in [2.45, 2.75) is 25.7 Å². The zero-order chi connectivity index (χ0) is 18.9. The van der Waals surface area contributed by atoms with Crippen LogP contribution >= 0.6 is 0 Å². The van der Waals surface area contributed by atoms with Gasteiger partial charge in [0.1, 0.15) is 5.75 Å². The molecule has 146 valence electrons. The average molecular weight is 372 g/mol. The van der Waals surface area contributed by atoms with Crippen molar-refractivity contribution in [3.63, 3.8) is 0 Å². The summed E-state index contributed by atoms with van der Waals surface area (Å²) in [6.45, 7) is 4.22. The highest BCUT2D eigenvalue weighted by Gasteiger charge is 2.52. The second-order valence-corrected chi connectivity index (χ2v) is 7.97. The van der Waals surface area contributed by atoms with Crippen LogP contribution in [-0.4, -0.2) is 68.1 Å².